The molecular formula is C5H16ClNOSi. The van der Waals surface area contributed by atoms with Crippen molar-refractivity contribution in [3.8, 4) is 0 Å². The van der Waals surface area contributed by atoms with E-state index in [0.717, 1.165) is 10.5 Å². The standard InChI is InChI=1S/C3H9N.C2H7ClOSi/c1-4(2)3;3-1-2-4-5/h1-3H3;1-2H2,5H3. The number of halogens is 1. The maximum absolute atomic E-state index is 5.20. The molecule has 0 N–H and O–H groups in total. The fourth-order valence-electron chi connectivity index (χ4n) is 0.0772. The Labute approximate surface area is 65.7 Å². The van der Waals surface area contributed by atoms with Crippen molar-refractivity contribution in [1.29, 1.82) is 0 Å². The second-order valence-corrected chi connectivity index (χ2v) is 2.98. The zero-order chi connectivity index (χ0) is 7.70. The second kappa shape index (κ2) is 11.3. The molecule has 0 aliphatic rings. The first-order valence-electron chi connectivity index (χ1n) is 2.81. The maximum atomic E-state index is 5.20. The summed E-state index contributed by atoms with van der Waals surface area (Å²) in [6.07, 6.45) is 0. The molecule has 0 bridgehead atoms. The normalized spacial score (nSPS) is 9.00. The Kier molecular flexibility index (Phi) is 15.2. The van der Waals surface area contributed by atoms with Crippen molar-refractivity contribution in [2.75, 3.05) is 33.6 Å². The summed E-state index contributed by atoms with van der Waals surface area (Å²) in [5.74, 6) is 0.628. The van der Waals surface area contributed by atoms with Crippen LogP contribution in [0.25, 0.3) is 0 Å². The number of alkyl halides is 1. The molecule has 58 valence electrons. The third kappa shape index (κ3) is 59.1. The minimum atomic E-state index is 0.628. The lowest BCUT2D eigenvalue weighted by atomic mass is 10.9. The minimum absolute atomic E-state index is 0.628. The van der Waals surface area contributed by atoms with Gasteiger partial charge < -0.3 is 9.33 Å². The van der Waals surface area contributed by atoms with Crippen LogP contribution in [0.2, 0.25) is 0 Å². The van der Waals surface area contributed by atoms with Crippen molar-refractivity contribution < 1.29 is 4.43 Å². The quantitative estimate of drug-likeness (QED) is 0.416. The molecule has 9 heavy (non-hydrogen) atoms. The van der Waals surface area contributed by atoms with Gasteiger partial charge in [-0.15, -0.1) is 11.6 Å². The highest BCUT2D eigenvalue weighted by molar-refractivity contribution is 6.18. The fourth-order valence-corrected chi connectivity index (χ4v) is 0.694. The van der Waals surface area contributed by atoms with Crippen LogP contribution in [-0.4, -0.2) is 49.0 Å². The van der Waals surface area contributed by atoms with Crippen LogP contribution in [0.15, 0.2) is 0 Å². The maximum Gasteiger partial charge on any atom is 0.146 e. The number of hydrogen-bond donors (Lipinski definition) is 0. The average Bonchev–Trinajstić information content (AvgIpc) is 1.66. The van der Waals surface area contributed by atoms with Gasteiger partial charge in [0.15, 0.2) is 0 Å². The van der Waals surface area contributed by atoms with Crippen LogP contribution < -0.4 is 0 Å². The van der Waals surface area contributed by atoms with E-state index in [1.807, 2.05) is 26.0 Å². The van der Waals surface area contributed by atoms with E-state index in [-0.39, 0.29) is 0 Å². The Bertz CT molecular complexity index is 41.2. The summed E-state index contributed by atoms with van der Waals surface area (Å²) in [6.45, 7) is 0.716. The van der Waals surface area contributed by atoms with E-state index in [0.29, 0.717) is 12.5 Å². The summed E-state index contributed by atoms with van der Waals surface area (Å²) < 4.78 is 4.70. The first-order valence-corrected chi connectivity index (χ1v) is 4.16. The lowest BCUT2D eigenvalue weighted by Gasteiger charge is -1.90. The van der Waals surface area contributed by atoms with Gasteiger partial charge in [-0.25, -0.2) is 0 Å². The number of rotatable bonds is 2. The molecule has 0 saturated heterocycles. The molecule has 0 saturated carbocycles. The zero-order valence-corrected chi connectivity index (χ0v) is 9.40. The van der Waals surface area contributed by atoms with Gasteiger partial charge in [-0.2, -0.15) is 0 Å². The van der Waals surface area contributed by atoms with Crippen LogP contribution in [-0.2, 0) is 4.43 Å². The highest BCUT2D eigenvalue weighted by Crippen LogP contribution is 1.69. The predicted octanol–water partition coefficient (Wildman–Crippen LogP) is -0.300. The minimum Gasteiger partial charge on any atom is -0.427 e. The molecule has 0 rings (SSSR count). The van der Waals surface area contributed by atoms with Crippen LogP contribution in [0.5, 0.6) is 0 Å². The lowest BCUT2D eigenvalue weighted by Crippen LogP contribution is -1.99. The van der Waals surface area contributed by atoms with Crippen LogP contribution in [0.3, 0.4) is 0 Å². The van der Waals surface area contributed by atoms with E-state index < -0.39 is 0 Å². The van der Waals surface area contributed by atoms with E-state index in [1.165, 1.54) is 0 Å². The monoisotopic (exact) mass is 169 g/mol. The van der Waals surface area contributed by atoms with Gasteiger partial charge in [-0.1, -0.05) is 0 Å². The summed E-state index contributed by atoms with van der Waals surface area (Å²) in [5, 5.41) is 0. The van der Waals surface area contributed by atoms with E-state index in [2.05, 4.69) is 0 Å². The molecule has 0 aliphatic carbocycles. The van der Waals surface area contributed by atoms with E-state index in [4.69, 9.17) is 16.0 Å². The van der Waals surface area contributed by atoms with Crippen molar-refractivity contribution >= 4 is 22.1 Å². The van der Waals surface area contributed by atoms with Crippen LogP contribution in [0, 0.1) is 0 Å². The topological polar surface area (TPSA) is 12.5 Å². The smallest absolute Gasteiger partial charge is 0.146 e. The number of hydrogen-bond acceptors (Lipinski definition) is 2. The summed E-state index contributed by atoms with van der Waals surface area (Å²) in [7, 11) is 6.81. The molecule has 2 nitrogen and oxygen atoms in total. The van der Waals surface area contributed by atoms with E-state index >= 15 is 0 Å². The molecule has 0 spiro atoms. The van der Waals surface area contributed by atoms with Crippen molar-refractivity contribution in [1.82, 2.24) is 4.90 Å². The Balaban J connectivity index is 0. The third-order valence-electron chi connectivity index (χ3n) is 0.281. The summed E-state index contributed by atoms with van der Waals surface area (Å²) >= 11 is 5.20. The van der Waals surface area contributed by atoms with Gasteiger partial charge in [-0.3, -0.25) is 0 Å². The number of nitrogens with zero attached hydrogens (tertiary/aromatic N) is 1. The summed E-state index contributed by atoms with van der Waals surface area (Å²) in [6, 6.07) is 0. The summed E-state index contributed by atoms with van der Waals surface area (Å²) in [5.41, 5.74) is 0. The van der Waals surface area contributed by atoms with Crippen molar-refractivity contribution in [2.24, 2.45) is 0 Å². The molecule has 0 fully saturated rings. The van der Waals surface area contributed by atoms with Gasteiger partial charge in [0, 0.05) is 12.5 Å². The van der Waals surface area contributed by atoms with Crippen LogP contribution >= 0.6 is 11.6 Å². The van der Waals surface area contributed by atoms with Crippen molar-refractivity contribution in [3.63, 3.8) is 0 Å². The Hall–Kier alpha value is 0.427. The summed E-state index contributed by atoms with van der Waals surface area (Å²) in [4.78, 5) is 2.00. The van der Waals surface area contributed by atoms with Gasteiger partial charge in [0.2, 0.25) is 0 Å². The Morgan fingerprint density at radius 1 is 1.44 bits per heavy atom. The fraction of sp³-hybridized carbons (Fsp3) is 1.00. The highest BCUT2D eigenvalue weighted by atomic mass is 35.5. The molecule has 0 atom stereocenters. The molecule has 4 heteroatoms. The lowest BCUT2D eigenvalue weighted by molar-refractivity contribution is 0.378. The highest BCUT2D eigenvalue weighted by Gasteiger charge is 1.67. The van der Waals surface area contributed by atoms with Gasteiger partial charge in [0.1, 0.15) is 10.5 Å². The molecule has 0 unspecified atom stereocenters. The molecule has 0 aromatic rings. The SMILES string of the molecule is CN(C)C.[SiH3]OCCCl. The van der Waals surface area contributed by atoms with Gasteiger partial charge >= 0.3 is 0 Å². The Morgan fingerprint density at radius 3 is 1.78 bits per heavy atom. The predicted molar refractivity (Wildman–Crippen MR) is 46.2 cm³/mol. The molecule has 0 aromatic carbocycles. The van der Waals surface area contributed by atoms with E-state index in [9.17, 15) is 0 Å². The molecule has 0 aromatic heterocycles. The first kappa shape index (κ1) is 12.1. The average molecular weight is 170 g/mol. The third-order valence-corrected chi connectivity index (χ3v) is 0.844. The van der Waals surface area contributed by atoms with Crippen LogP contribution in [0.4, 0.5) is 0 Å². The van der Waals surface area contributed by atoms with Crippen molar-refractivity contribution in [3.05, 3.63) is 0 Å². The molecule has 0 heterocycles. The largest absolute Gasteiger partial charge is 0.427 e. The van der Waals surface area contributed by atoms with E-state index in [1.54, 1.807) is 0 Å². The molecule has 0 radical (unpaired) electrons. The van der Waals surface area contributed by atoms with Gasteiger partial charge in [0.25, 0.3) is 0 Å². The van der Waals surface area contributed by atoms with Crippen LogP contribution in [0.1, 0.15) is 0 Å². The van der Waals surface area contributed by atoms with Gasteiger partial charge in [0.05, 0.1) is 0 Å². The molecule has 0 amide bonds. The van der Waals surface area contributed by atoms with Gasteiger partial charge in [-0.05, 0) is 21.1 Å². The van der Waals surface area contributed by atoms with Crippen molar-refractivity contribution in [2.45, 2.75) is 0 Å². The first-order chi connectivity index (χ1) is 4.15. The Morgan fingerprint density at radius 2 is 1.78 bits per heavy atom. The molecule has 0 aliphatic heterocycles. The molecular weight excluding hydrogens is 154 g/mol. The second-order valence-electron chi connectivity index (χ2n) is 2.02. The zero-order valence-electron chi connectivity index (χ0n) is 6.65.